The fourth-order valence-corrected chi connectivity index (χ4v) is 3.61. The van der Waals surface area contributed by atoms with Gasteiger partial charge in [0.2, 0.25) is 10.0 Å². The van der Waals surface area contributed by atoms with Crippen molar-refractivity contribution in [2.24, 2.45) is 0 Å². The van der Waals surface area contributed by atoms with Crippen molar-refractivity contribution < 1.29 is 16.8 Å². The minimum Gasteiger partial charge on any atom is -0.207 e. The molecule has 23 heavy (non-hydrogen) atoms. The Morgan fingerprint density at radius 3 is 1.87 bits per heavy atom. The topological polar surface area (TPSA) is 102 Å². The molecule has 128 valence electrons. The van der Waals surface area contributed by atoms with Gasteiger partial charge in [0.25, 0.3) is 10.2 Å². The highest BCUT2D eigenvalue weighted by Crippen LogP contribution is 2.16. The molecule has 0 aliphatic rings. The Morgan fingerprint density at radius 2 is 1.48 bits per heavy atom. The van der Waals surface area contributed by atoms with Gasteiger partial charge in [0.15, 0.2) is 0 Å². The average molecular weight is 360 g/mol. The summed E-state index contributed by atoms with van der Waals surface area (Å²) < 4.78 is 51.4. The summed E-state index contributed by atoms with van der Waals surface area (Å²) in [5, 5.41) is 8.81. The molecular formula is C13H20N4O4S2. The Hall–Kier alpha value is -1.51. The molecule has 1 aromatic carbocycles. The van der Waals surface area contributed by atoms with Gasteiger partial charge in [-0.2, -0.15) is 22.3 Å². The Kier molecular flexibility index (Phi) is 6.26. The van der Waals surface area contributed by atoms with Gasteiger partial charge in [-0.1, -0.05) is 12.1 Å². The molecule has 0 fully saturated rings. The smallest absolute Gasteiger partial charge is 0.207 e. The SMILES string of the molecule is CN(C)S(=O)(=O)c1ccc(CN(CC#N)S(=O)(=O)N(C)C)cc1. The van der Waals surface area contributed by atoms with E-state index in [0.29, 0.717) is 5.56 Å². The second kappa shape index (κ2) is 7.37. The van der Waals surface area contributed by atoms with Gasteiger partial charge < -0.3 is 0 Å². The first-order valence-corrected chi connectivity index (χ1v) is 9.43. The lowest BCUT2D eigenvalue weighted by Crippen LogP contribution is -2.39. The van der Waals surface area contributed by atoms with Crippen molar-refractivity contribution >= 4 is 20.2 Å². The highest BCUT2D eigenvalue weighted by molar-refractivity contribution is 7.89. The molecule has 0 aliphatic carbocycles. The van der Waals surface area contributed by atoms with E-state index in [1.165, 1.54) is 52.5 Å². The number of rotatable bonds is 7. The van der Waals surface area contributed by atoms with Crippen LogP contribution in [0.3, 0.4) is 0 Å². The number of benzene rings is 1. The Balaban J connectivity index is 3.07. The normalized spacial score (nSPS) is 12.8. The highest BCUT2D eigenvalue weighted by Gasteiger charge is 2.24. The highest BCUT2D eigenvalue weighted by atomic mass is 32.2. The Labute approximate surface area is 137 Å². The van der Waals surface area contributed by atoms with Crippen molar-refractivity contribution in [1.82, 2.24) is 12.9 Å². The number of sulfonamides is 1. The van der Waals surface area contributed by atoms with Gasteiger partial charge in [-0.15, -0.1) is 0 Å². The lowest BCUT2D eigenvalue weighted by Gasteiger charge is -2.23. The molecule has 0 spiro atoms. The molecule has 0 atom stereocenters. The molecule has 8 nitrogen and oxygen atoms in total. The molecule has 0 radical (unpaired) electrons. The van der Waals surface area contributed by atoms with Crippen LogP contribution in [0, 0.1) is 11.3 Å². The number of nitrogens with zero attached hydrogens (tertiary/aromatic N) is 4. The van der Waals surface area contributed by atoms with Crippen molar-refractivity contribution in [1.29, 1.82) is 5.26 Å². The van der Waals surface area contributed by atoms with Gasteiger partial charge >= 0.3 is 0 Å². The summed E-state index contributed by atoms with van der Waals surface area (Å²) in [6, 6.07) is 7.71. The molecule has 0 amide bonds. The van der Waals surface area contributed by atoms with E-state index < -0.39 is 20.2 Å². The lowest BCUT2D eigenvalue weighted by molar-refractivity contribution is 0.395. The first-order chi connectivity index (χ1) is 10.5. The molecule has 1 aromatic rings. The first-order valence-electron chi connectivity index (χ1n) is 6.59. The second-order valence-corrected chi connectivity index (χ2v) is 9.44. The van der Waals surface area contributed by atoms with E-state index in [1.807, 2.05) is 6.07 Å². The fourth-order valence-electron chi connectivity index (χ4n) is 1.71. The van der Waals surface area contributed by atoms with E-state index in [0.717, 1.165) is 12.9 Å². The average Bonchev–Trinajstić information content (AvgIpc) is 2.47. The summed E-state index contributed by atoms with van der Waals surface area (Å²) >= 11 is 0. The zero-order valence-corrected chi connectivity index (χ0v) is 15.1. The van der Waals surface area contributed by atoms with Crippen LogP contribution in [0.4, 0.5) is 0 Å². The van der Waals surface area contributed by atoms with E-state index in [9.17, 15) is 16.8 Å². The fraction of sp³-hybridized carbons (Fsp3) is 0.462. The third kappa shape index (κ3) is 4.49. The third-order valence-corrected chi connectivity index (χ3v) is 6.76. The molecule has 0 unspecified atom stereocenters. The monoisotopic (exact) mass is 360 g/mol. The second-order valence-electron chi connectivity index (χ2n) is 5.15. The minimum absolute atomic E-state index is 0.0175. The minimum atomic E-state index is -3.73. The summed E-state index contributed by atoms with van der Waals surface area (Å²) in [5.41, 5.74) is 0.586. The zero-order chi connectivity index (χ0) is 17.8. The standard InChI is InChI=1S/C13H20N4O4S2/c1-15(2)22(18,19)13-7-5-12(6-8-13)11-17(10-9-14)23(20,21)16(3)4/h5-8H,10-11H2,1-4H3. The van der Waals surface area contributed by atoms with Crippen LogP contribution in [-0.4, -0.2) is 64.5 Å². The first kappa shape index (κ1) is 19.5. The molecule has 0 N–H and O–H groups in total. The van der Waals surface area contributed by atoms with Crippen LogP contribution in [0.15, 0.2) is 29.2 Å². The van der Waals surface area contributed by atoms with Crippen molar-refractivity contribution in [3.8, 4) is 6.07 Å². The van der Waals surface area contributed by atoms with Crippen LogP contribution in [0.2, 0.25) is 0 Å². The van der Waals surface area contributed by atoms with E-state index in [-0.39, 0.29) is 18.0 Å². The molecule has 1 rings (SSSR count). The van der Waals surface area contributed by atoms with Crippen molar-refractivity contribution in [2.75, 3.05) is 34.7 Å². The number of nitriles is 1. The Bertz CT molecular complexity index is 778. The van der Waals surface area contributed by atoms with Crippen LogP contribution in [0.1, 0.15) is 5.56 Å². The maximum absolute atomic E-state index is 12.1. The molecule has 0 saturated heterocycles. The summed E-state index contributed by atoms with van der Waals surface area (Å²) in [7, 11) is -1.64. The molecule has 10 heteroatoms. The zero-order valence-electron chi connectivity index (χ0n) is 13.5. The van der Waals surface area contributed by atoms with Crippen LogP contribution in [0.25, 0.3) is 0 Å². The molecule has 0 aliphatic heterocycles. The van der Waals surface area contributed by atoms with Gasteiger partial charge in [-0.3, -0.25) is 0 Å². The van der Waals surface area contributed by atoms with Gasteiger partial charge in [-0.05, 0) is 17.7 Å². The quantitative estimate of drug-likeness (QED) is 0.640. The van der Waals surface area contributed by atoms with Gasteiger partial charge in [0.1, 0.15) is 6.54 Å². The summed E-state index contributed by atoms with van der Waals surface area (Å²) in [6.07, 6.45) is 0. The maximum atomic E-state index is 12.1. The van der Waals surface area contributed by atoms with Gasteiger partial charge in [-0.25, -0.2) is 12.7 Å². The van der Waals surface area contributed by atoms with E-state index in [4.69, 9.17) is 5.26 Å². The molecular weight excluding hydrogens is 340 g/mol. The third-order valence-electron chi connectivity index (χ3n) is 3.10. The van der Waals surface area contributed by atoms with Crippen molar-refractivity contribution in [3.05, 3.63) is 29.8 Å². The molecule has 0 saturated carbocycles. The largest absolute Gasteiger partial charge is 0.282 e. The van der Waals surface area contributed by atoms with Crippen molar-refractivity contribution in [2.45, 2.75) is 11.4 Å². The predicted molar refractivity (Wildman–Crippen MR) is 85.9 cm³/mol. The van der Waals surface area contributed by atoms with Crippen molar-refractivity contribution in [3.63, 3.8) is 0 Å². The van der Waals surface area contributed by atoms with Gasteiger partial charge in [0, 0.05) is 34.7 Å². The maximum Gasteiger partial charge on any atom is 0.282 e. The van der Waals surface area contributed by atoms with Crippen LogP contribution < -0.4 is 0 Å². The van der Waals surface area contributed by atoms with E-state index >= 15 is 0 Å². The van der Waals surface area contributed by atoms with Crippen LogP contribution in [-0.2, 0) is 26.8 Å². The predicted octanol–water partition coefficient (Wildman–Crippen LogP) is 0.0689. The molecule has 0 bridgehead atoms. The van der Waals surface area contributed by atoms with Crippen LogP contribution in [0.5, 0.6) is 0 Å². The summed E-state index contributed by atoms with van der Waals surface area (Å²) in [6.45, 7) is -0.311. The number of hydrogen-bond acceptors (Lipinski definition) is 5. The summed E-state index contributed by atoms with van der Waals surface area (Å²) in [4.78, 5) is 0.119. The lowest BCUT2D eigenvalue weighted by atomic mass is 10.2. The van der Waals surface area contributed by atoms with Crippen LogP contribution >= 0.6 is 0 Å². The number of hydrogen-bond donors (Lipinski definition) is 0. The van der Waals surface area contributed by atoms with Gasteiger partial charge in [0.05, 0.1) is 11.0 Å². The van der Waals surface area contributed by atoms with E-state index in [2.05, 4.69) is 0 Å². The van der Waals surface area contributed by atoms with E-state index in [1.54, 1.807) is 0 Å². The Morgan fingerprint density at radius 1 is 0.957 bits per heavy atom. The molecule has 0 heterocycles. The molecule has 0 aromatic heterocycles. The summed E-state index contributed by atoms with van der Waals surface area (Å²) in [5.74, 6) is 0.